The monoisotopic (exact) mass is 219 g/mol. The standard InChI is InChI=1S/C11H13N3O2/c1-16-11(15)9-7-13-14(10(9)12)8-5-3-2-4-6-8/h2-6,13H,7,12H2,1H3. The van der Waals surface area contributed by atoms with Gasteiger partial charge in [-0.15, -0.1) is 0 Å². The fourth-order valence-electron chi connectivity index (χ4n) is 1.58. The van der Waals surface area contributed by atoms with Gasteiger partial charge in [0, 0.05) is 0 Å². The zero-order valence-electron chi connectivity index (χ0n) is 8.93. The zero-order valence-corrected chi connectivity index (χ0v) is 8.93. The van der Waals surface area contributed by atoms with Crippen LogP contribution < -0.4 is 16.2 Å². The first-order chi connectivity index (χ1) is 7.74. The fraction of sp³-hybridized carbons (Fsp3) is 0.182. The summed E-state index contributed by atoms with van der Waals surface area (Å²) in [5.41, 5.74) is 10.2. The number of carbonyl (C=O) groups is 1. The van der Waals surface area contributed by atoms with E-state index in [1.165, 1.54) is 7.11 Å². The van der Waals surface area contributed by atoms with Crippen LogP contribution in [0, 0.1) is 0 Å². The average molecular weight is 219 g/mol. The Hall–Kier alpha value is -2.01. The van der Waals surface area contributed by atoms with Crippen molar-refractivity contribution in [2.45, 2.75) is 0 Å². The van der Waals surface area contributed by atoms with Gasteiger partial charge >= 0.3 is 5.97 Å². The smallest absolute Gasteiger partial charge is 0.338 e. The van der Waals surface area contributed by atoms with Crippen LogP contribution in [0.3, 0.4) is 0 Å². The molecule has 16 heavy (non-hydrogen) atoms. The van der Waals surface area contributed by atoms with Crippen LogP contribution in [-0.2, 0) is 9.53 Å². The number of anilines is 1. The third kappa shape index (κ3) is 1.72. The number of ether oxygens (including phenoxy) is 1. The Kier molecular flexibility index (Phi) is 2.78. The van der Waals surface area contributed by atoms with E-state index >= 15 is 0 Å². The summed E-state index contributed by atoms with van der Waals surface area (Å²) in [6, 6.07) is 9.53. The number of methoxy groups -OCH3 is 1. The number of para-hydroxylation sites is 1. The number of esters is 1. The highest BCUT2D eigenvalue weighted by Gasteiger charge is 2.26. The van der Waals surface area contributed by atoms with E-state index in [9.17, 15) is 4.79 Å². The van der Waals surface area contributed by atoms with Gasteiger partial charge in [0.15, 0.2) is 0 Å². The maximum Gasteiger partial charge on any atom is 0.338 e. The van der Waals surface area contributed by atoms with Crippen LogP contribution in [0.15, 0.2) is 41.7 Å². The molecule has 3 N–H and O–H groups in total. The molecule has 5 heteroatoms. The third-order valence-electron chi connectivity index (χ3n) is 2.41. The molecule has 1 heterocycles. The Morgan fingerprint density at radius 2 is 2.12 bits per heavy atom. The molecular formula is C11H13N3O2. The van der Waals surface area contributed by atoms with Crippen molar-refractivity contribution in [3.05, 3.63) is 41.7 Å². The number of hydrogen-bond donors (Lipinski definition) is 2. The fourth-order valence-corrected chi connectivity index (χ4v) is 1.58. The second kappa shape index (κ2) is 4.24. The molecule has 5 nitrogen and oxygen atoms in total. The highest BCUT2D eigenvalue weighted by molar-refractivity contribution is 5.91. The van der Waals surface area contributed by atoms with Gasteiger partial charge in [-0.2, -0.15) is 0 Å². The lowest BCUT2D eigenvalue weighted by Crippen LogP contribution is -2.34. The Balaban J connectivity index is 2.28. The van der Waals surface area contributed by atoms with Crippen molar-refractivity contribution in [3.63, 3.8) is 0 Å². The quantitative estimate of drug-likeness (QED) is 0.703. The first-order valence-electron chi connectivity index (χ1n) is 4.89. The number of rotatable bonds is 2. The molecule has 1 aliphatic heterocycles. The lowest BCUT2D eigenvalue weighted by atomic mass is 10.2. The molecule has 0 radical (unpaired) electrons. The first kappa shape index (κ1) is 10.5. The van der Waals surface area contributed by atoms with Gasteiger partial charge in [-0.3, -0.25) is 5.01 Å². The molecule has 0 fully saturated rings. The van der Waals surface area contributed by atoms with Crippen molar-refractivity contribution < 1.29 is 9.53 Å². The van der Waals surface area contributed by atoms with Crippen molar-refractivity contribution in [1.82, 2.24) is 5.43 Å². The molecular weight excluding hydrogens is 206 g/mol. The van der Waals surface area contributed by atoms with Gasteiger partial charge in [0.2, 0.25) is 0 Å². The first-order valence-corrected chi connectivity index (χ1v) is 4.89. The molecule has 84 valence electrons. The summed E-state index contributed by atoms with van der Waals surface area (Å²) in [6.07, 6.45) is 0. The molecule has 0 spiro atoms. The molecule has 1 aromatic carbocycles. The topological polar surface area (TPSA) is 67.6 Å². The molecule has 0 unspecified atom stereocenters. The second-order valence-corrected chi connectivity index (χ2v) is 3.36. The van der Waals surface area contributed by atoms with Gasteiger partial charge < -0.3 is 10.5 Å². The van der Waals surface area contributed by atoms with Gasteiger partial charge in [0.1, 0.15) is 5.82 Å². The van der Waals surface area contributed by atoms with E-state index in [-0.39, 0.29) is 0 Å². The number of nitrogens with zero attached hydrogens (tertiary/aromatic N) is 1. The van der Waals surface area contributed by atoms with Crippen LogP contribution in [0.5, 0.6) is 0 Å². The second-order valence-electron chi connectivity index (χ2n) is 3.36. The van der Waals surface area contributed by atoms with Crippen molar-refractivity contribution in [2.24, 2.45) is 5.73 Å². The summed E-state index contributed by atoms with van der Waals surface area (Å²) in [4.78, 5) is 11.4. The Bertz CT molecular complexity index is 428. The van der Waals surface area contributed by atoms with Crippen LogP contribution in [0.2, 0.25) is 0 Å². The van der Waals surface area contributed by atoms with Crippen LogP contribution >= 0.6 is 0 Å². The maximum atomic E-state index is 11.4. The van der Waals surface area contributed by atoms with E-state index in [0.717, 1.165) is 5.69 Å². The Morgan fingerprint density at radius 1 is 1.44 bits per heavy atom. The minimum Gasteiger partial charge on any atom is -0.466 e. The molecule has 0 bridgehead atoms. The molecule has 1 aliphatic rings. The van der Waals surface area contributed by atoms with Crippen LogP contribution in [-0.4, -0.2) is 19.6 Å². The van der Waals surface area contributed by atoms with Crippen LogP contribution in [0.25, 0.3) is 0 Å². The molecule has 0 saturated carbocycles. The van der Waals surface area contributed by atoms with Crippen molar-refractivity contribution in [1.29, 1.82) is 0 Å². The third-order valence-corrected chi connectivity index (χ3v) is 2.41. The minimum atomic E-state index is -0.400. The van der Waals surface area contributed by atoms with Gasteiger partial charge in [0.25, 0.3) is 0 Å². The normalized spacial score (nSPS) is 15.4. The number of nitrogens with one attached hydrogen (secondary N) is 1. The summed E-state index contributed by atoms with van der Waals surface area (Å²) < 4.78 is 4.65. The van der Waals surface area contributed by atoms with Gasteiger partial charge in [-0.25, -0.2) is 10.2 Å². The largest absolute Gasteiger partial charge is 0.466 e. The number of benzene rings is 1. The van der Waals surface area contributed by atoms with Gasteiger partial charge in [-0.1, -0.05) is 18.2 Å². The predicted molar refractivity (Wildman–Crippen MR) is 60.2 cm³/mol. The summed E-state index contributed by atoms with van der Waals surface area (Å²) >= 11 is 0. The summed E-state index contributed by atoms with van der Waals surface area (Å²) in [5, 5.41) is 1.67. The number of carbonyl (C=O) groups excluding carboxylic acids is 1. The Labute approximate surface area is 93.5 Å². The van der Waals surface area contributed by atoms with Crippen LogP contribution in [0.1, 0.15) is 0 Å². The van der Waals surface area contributed by atoms with E-state index in [2.05, 4.69) is 10.2 Å². The van der Waals surface area contributed by atoms with Crippen molar-refractivity contribution in [2.75, 3.05) is 18.7 Å². The van der Waals surface area contributed by atoms with E-state index in [1.54, 1.807) is 5.01 Å². The minimum absolute atomic E-state index is 0.382. The highest BCUT2D eigenvalue weighted by Crippen LogP contribution is 2.20. The average Bonchev–Trinajstić information content (AvgIpc) is 2.71. The molecule has 0 aromatic heterocycles. The lowest BCUT2D eigenvalue weighted by molar-refractivity contribution is -0.136. The predicted octanol–water partition coefficient (Wildman–Crippen LogP) is 0.354. The molecule has 0 aliphatic carbocycles. The SMILES string of the molecule is COC(=O)C1=C(N)N(c2ccccc2)NC1. The molecule has 0 saturated heterocycles. The highest BCUT2D eigenvalue weighted by atomic mass is 16.5. The van der Waals surface area contributed by atoms with E-state index in [0.29, 0.717) is 17.9 Å². The summed E-state index contributed by atoms with van der Waals surface area (Å²) in [7, 11) is 1.34. The number of nitrogens with two attached hydrogens (primary N) is 1. The molecule has 0 amide bonds. The van der Waals surface area contributed by atoms with E-state index in [1.807, 2.05) is 30.3 Å². The van der Waals surface area contributed by atoms with Crippen molar-refractivity contribution >= 4 is 11.7 Å². The van der Waals surface area contributed by atoms with Crippen LogP contribution in [0.4, 0.5) is 5.69 Å². The van der Waals surface area contributed by atoms with Gasteiger partial charge in [-0.05, 0) is 12.1 Å². The van der Waals surface area contributed by atoms with E-state index < -0.39 is 5.97 Å². The number of hydrazine groups is 1. The van der Waals surface area contributed by atoms with Crippen molar-refractivity contribution in [3.8, 4) is 0 Å². The van der Waals surface area contributed by atoms with Gasteiger partial charge in [0.05, 0.1) is 24.9 Å². The lowest BCUT2D eigenvalue weighted by Gasteiger charge is -2.19. The molecule has 2 rings (SSSR count). The summed E-state index contributed by atoms with van der Waals surface area (Å²) in [5.74, 6) is -0.0125. The van der Waals surface area contributed by atoms with E-state index in [4.69, 9.17) is 5.73 Å². The summed E-state index contributed by atoms with van der Waals surface area (Å²) in [6.45, 7) is 0.382. The maximum absolute atomic E-state index is 11.4. The zero-order chi connectivity index (χ0) is 11.5. The molecule has 1 aromatic rings. The Morgan fingerprint density at radius 3 is 2.75 bits per heavy atom. The molecule has 0 atom stereocenters. The number of hydrogen-bond acceptors (Lipinski definition) is 5.